The van der Waals surface area contributed by atoms with Crippen molar-refractivity contribution in [2.75, 3.05) is 18.2 Å². The number of nitrogens with zero attached hydrogens (tertiary/aromatic N) is 4. The molecule has 0 aliphatic heterocycles. The molecule has 0 radical (unpaired) electrons. The van der Waals surface area contributed by atoms with Crippen LogP contribution in [0.15, 0.2) is 42.6 Å². The number of halogens is 2. The van der Waals surface area contributed by atoms with Crippen molar-refractivity contribution in [1.82, 2.24) is 24.9 Å². The standard InChI is InChI=1S/C20H16Cl2N6O4S2/c1-34(30,31)28-17(29)10-32-11-5-6-16-14(7-11)25-18(33-16)9-23-20-26-15(8-24-27-20)19-12(21)3-2-4-13(19)22/h2-8H,9-10H2,1H3,(H,28,29)(H,23,26,27). The highest BCUT2D eigenvalue weighted by molar-refractivity contribution is 7.89. The molecule has 0 fully saturated rings. The Morgan fingerprint density at radius 3 is 2.65 bits per heavy atom. The van der Waals surface area contributed by atoms with Crippen molar-refractivity contribution in [2.45, 2.75) is 6.54 Å². The Bertz CT molecular complexity index is 1460. The molecule has 0 atom stereocenters. The summed E-state index contributed by atoms with van der Waals surface area (Å²) in [7, 11) is -3.64. The first kappa shape index (κ1) is 24.1. The molecule has 1 amide bonds. The number of rotatable bonds is 8. The summed E-state index contributed by atoms with van der Waals surface area (Å²) in [5, 5.41) is 12.7. The lowest BCUT2D eigenvalue weighted by atomic mass is 10.1. The molecular weight excluding hydrogens is 523 g/mol. The average molecular weight is 539 g/mol. The summed E-state index contributed by atoms with van der Waals surface area (Å²) in [6.07, 6.45) is 2.37. The van der Waals surface area contributed by atoms with Gasteiger partial charge in [-0.1, -0.05) is 29.3 Å². The molecule has 34 heavy (non-hydrogen) atoms. The van der Waals surface area contributed by atoms with Gasteiger partial charge in [0.05, 0.1) is 45.0 Å². The Labute approximate surface area is 208 Å². The number of carbonyl (C=O) groups excluding carboxylic acids is 1. The van der Waals surface area contributed by atoms with Gasteiger partial charge in [-0.3, -0.25) is 9.52 Å². The fourth-order valence-corrected chi connectivity index (χ4v) is 4.85. The largest absolute Gasteiger partial charge is 0.484 e. The van der Waals surface area contributed by atoms with Crippen LogP contribution in [0.4, 0.5) is 5.95 Å². The minimum Gasteiger partial charge on any atom is -0.484 e. The summed E-state index contributed by atoms with van der Waals surface area (Å²) < 4.78 is 30.3. The van der Waals surface area contributed by atoms with Crippen LogP contribution in [0, 0.1) is 0 Å². The van der Waals surface area contributed by atoms with Crippen LogP contribution in [-0.4, -0.2) is 47.4 Å². The first-order valence-electron chi connectivity index (χ1n) is 9.59. The summed E-state index contributed by atoms with van der Waals surface area (Å²) in [5.74, 6) is -0.0915. The fraction of sp³-hybridized carbons (Fsp3) is 0.150. The third-order valence-electron chi connectivity index (χ3n) is 4.25. The molecule has 0 aliphatic rings. The smallest absolute Gasteiger partial charge is 0.271 e. The number of amides is 1. The molecule has 0 saturated carbocycles. The first-order valence-corrected chi connectivity index (χ1v) is 13.1. The first-order chi connectivity index (χ1) is 16.2. The van der Waals surface area contributed by atoms with Crippen molar-refractivity contribution in [3.05, 3.63) is 57.6 Å². The number of fused-ring (bicyclic) bond motifs is 1. The van der Waals surface area contributed by atoms with E-state index in [1.165, 1.54) is 17.5 Å². The molecule has 0 bridgehead atoms. The lowest BCUT2D eigenvalue weighted by Gasteiger charge is -2.07. The molecule has 2 aromatic carbocycles. The number of hydrogen-bond acceptors (Lipinski definition) is 10. The van der Waals surface area contributed by atoms with Crippen LogP contribution in [0.3, 0.4) is 0 Å². The van der Waals surface area contributed by atoms with Gasteiger partial charge in [-0.15, -0.1) is 16.4 Å². The minimum absolute atomic E-state index is 0.286. The number of hydrogen-bond donors (Lipinski definition) is 2. The topological polar surface area (TPSA) is 136 Å². The molecule has 176 valence electrons. The van der Waals surface area contributed by atoms with Crippen LogP contribution >= 0.6 is 34.5 Å². The maximum absolute atomic E-state index is 11.6. The van der Waals surface area contributed by atoms with E-state index < -0.39 is 22.5 Å². The third kappa shape index (κ3) is 6.08. The normalized spacial score (nSPS) is 11.4. The van der Waals surface area contributed by atoms with Gasteiger partial charge in [-0.05, 0) is 24.3 Å². The van der Waals surface area contributed by atoms with E-state index in [0.29, 0.717) is 39.1 Å². The Balaban J connectivity index is 1.43. The third-order valence-corrected chi connectivity index (χ3v) is 6.51. The quantitative estimate of drug-likeness (QED) is 0.345. The zero-order valence-corrected chi connectivity index (χ0v) is 20.6. The van der Waals surface area contributed by atoms with Crippen molar-refractivity contribution in [3.8, 4) is 17.0 Å². The number of anilines is 1. The van der Waals surface area contributed by atoms with Crippen molar-refractivity contribution >= 4 is 66.6 Å². The molecule has 2 heterocycles. The average Bonchev–Trinajstić information content (AvgIpc) is 3.18. The number of benzene rings is 2. The summed E-state index contributed by atoms with van der Waals surface area (Å²) in [5.41, 5.74) is 1.72. The molecule has 0 spiro atoms. The second-order valence-corrected chi connectivity index (χ2v) is 10.6. The fourth-order valence-electron chi connectivity index (χ4n) is 2.90. The maximum Gasteiger partial charge on any atom is 0.271 e. The van der Waals surface area contributed by atoms with E-state index in [-0.39, 0.29) is 5.95 Å². The van der Waals surface area contributed by atoms with E-state index in [1.807, 2.05) is 4.72 Å². The highest BCUT2D eigenvalue weighted by Gasteiger charge is 2.13. The van der Waals surface area contributed by atoms with E-state index >= 15 is 0 Å². The van der Waals surface area contributed by atoms with Crippen LogP contribution in [0.5, 0.6) is 5.75 Å². The molecule has 10 nitrogen and oxygen atoms in total. The number of nitrogens with one attached hydrogen (secondary N) is 2. The Kier molecular flexibility index (Phi) is 7.12. The molecule has 0 saturated heterocycles. The van der Waals surface area contributed by atoms with E-state index in [9.17, 15) is 13.2 Å². The van der Waals surface area contributed by atoms with Gasteiger partial charge in [0.15, 0.2) is 6.61 Å². The van der Waals surface area contributed by atoms with E-state index in [0.717, 1.165) is 16.0 Å². The number of sulfonamides is 1. The van der Waals surface area contributed by atoms with Crippen molar-refractivity contribution in [1.29, 1.82) is 0 Å². The zero-order chi connectivity index (χ0) is 24.3. The van der Waals surface area contributed by atoms with Crippen LogP contribution in [0.2, 0.25) is 10.0 Å². The summed E-state index contributed by atoms with van der Waals surface area (Å²) in [4.78, 5) is 20.6. The molecular formula is C20H16Cl2N6O4S2. The molecule has 14 heteroatoms. The van der Waals surface area contributed by atoms with Gasteiger partial charge in [0.25, 0.3) is 5.91 Å². The number of carbonyl (C=O) groups is 1. The van der Waals surface area contributed by atoms with Gasteiger partial charge in [0.1, 0.15) is 10.8 Å². The summed E-state index contributed by atoms with van der Waals surface area (Å²) in [6.45, 7) is -0.0963. The van der Waals surface area contributed by atoms with Crippen LogP contribution in [0.25, 0.3) is 21.5 Å². The monoisotopic (exact) mass is 538 g/mol. The van der Waals surface area contributed by atoms with Crippen molar-refractivity contribution in [3.63, 3.8) is 0 Å². The van der Waals surface area contributed by atoms with E-state index in [1.54, 1.807) is 36.4 Å². The second kappa shape index (κ2) is 10.1. The molecule has 2 aromatic heterocycles. The van der Waals surface area contributed by atoms with E-state index in [2.05, 4.69) is 25.5 Å². The number of ether oxygens (including phenoxy) is 1. The van der Waals surface area contributed by atoms with Gasteiger partial charge in [-0.2, -0.15) is 5.10 Å². The van der Waals surface area contributed by atoms with Crippen molar-refractivity contribution in [2.24, 2.45) is 0 Å². The van der Waals surface area contributed by atoms with Gasteiger partial charge < -0.3 is 10.1 Å². The predicted octanol–water partition coefficient (Wildman–Crippen LogP) is 3.52. The van der Waals surface area contributed by atoms with Gasteiger partial charge in [-0.25, -0.2) is 18.4 Å². The van der Waals surface area contributed by atoms with Gasteiger partial charge >= 0.3 is 0 Å². The molecule has 4 rings (SSSR count). The highest BCUT2D eigenvalue weighted by Crippen LogP contribution is 2.33. The lowest BCUT2D eigenvalue weighted by Crippen LogP contribution is -2.33. The Morgan fingerprint density at radius 1 is 1.15 bits per heavy atom. The Hall–Kier alpha value is -3.06. The predicted molar refractivity (Wildman–Crippen MR) is 131 cm³/mol. The summed E-state index contributed by atoms with van der Waals surface area (Å²) >= 11 is 14.0. The highest BCUT2D eigenvalue weighted by atomic mass is 35.5. The number of aromatic nitrogens is 4. The number of thiazole rings is 1. The second-order valence-electron chi connectivity index (χ2n) is 6.94. The van der Waals surface area contributed by atoms with Gasteiger partial charge in [0, 0.05) is 11.6 Å². The van der Waals surface area contributed by atoms with Crippen LogP contribution in [-0.2, 0) is 21.4 Å². The van der Waals surface area contributed by atoms with Crippen LogP contribution < -0.4 is 14.8 Å². The SMILES string of the molecule is CS(=O)(=O)NC(=O)COc1ccc2sc(CNc3nncc(-c4c(Cl)cccc4Cl)n3)nc2c1. The molecule has 2 N–H and O–H groups in total. The molecule has 0 unspecified atom stereocenters. The zero-order valence-electron chi connectivity index (χ0n) is 17.4. The summed E-state index contributed by atoms with van der Waals surface area (Å²) in [6, 6.07) is 10.3. The van der Waals surface area contributed by atoms with E-state index in [4.69, 9.17) is 27.9 Å². The lowest BCUT2D eigenvalue weighted by molar-refractivity contribution is -0.121. The van der Waals surface area contributed by atoms with Crippen molar-refractivity contribution < 1.29 is 17.9 Å². The Morgan fingerprint density at radius 2 is 1.91 bits per heavy atom. The van der Waals surface area contributed by atoms with Gasteiger partial charge in [0.2, 0.25) is 16.0 Å². The minimum atomic E-state index is -3.64. The van der Waals surface area contributed by atoms with Crippen LogP contribution in [0.1, 0.15) is 5.01 Å². The maximum atomic E-state index is 11.6. The molecule has 0 aliphatic carbocycles. The molecule has 4 aromatic rings.